The van der Waals surface area contributed by atoms with Gasteiger partial charge in [0.15, 0.2) is 11.5 Å². The SMILES string of the molecule is CC1(C)Cc2cccc(OCCNC(=O)NCc3ccccn3)c2O1. The molecule has 2 N–H and O–H groups in total. The van der Waals surface area contributed by atoms with Crippen LogP contribution in [0.1, 0.15) is 25.1 Å². The number of fused-ring (bicyclic) bond motifs is 1. The minimum atomic E-state index is -0.245. The van der Waals surface area contributed by atoms with Gasteiger partial charge in [-0.25, -0.2) is 4.79 Å². The number of pyridine rings is 1. The molecule has 0 radical (unpaired) electrons. The largest absolute Gasteiger partial charge is 0.488 e. The van der Waals surface area contributed by atoms with E-state index in [0.29, 0.717) is 19.7 Å². The highest BCUT2D eigenvalue weighted by atomic mass is 16.5. The first kappa shape index (κ1) is 17.1. The molecule has 1 aromatic carbocycles. The number of ether oxygens (including phenoxy) is 2. The van der Waals surface area contributed by atoms with Crippen molar-refractivity contribution in [3.63, 3.8) is 0 Å². The van der Waals surface area contributed by atoms with E-state index in [0.717, 1.165) is 29.2 Å². The first-order chi connectivity index (χ1) is 12.0. The summed E-state index contributed by atoms with van der Waals surface area (Å²) in [7, 11) is 0. The number of nitrogens with one attached hydrogen (secondary N) is 2. The first-order valence-electron chi connectivity index (χ1n) is 8.39. The van der Waals surface area contributed by atoms with Gasteiger partial charge in [-0.1, -0.05) is 18.2 Å². The molecule has 1 aliphatic rings. The summed E-state index contributed by atoms with van der Waals surface area (Å²) in [6.45, 7) is 5.29. The van der Waals surface area contributed by atoms with Gasteiger partial charge in [-0.2, -0.15) is 0 Å². The molecule has 0 aliphatic carbocycles. The van der Waals surface area contributed by atoms with Gasteiger partial charge in [0.2, 0.25) is 0 Å². The van der Waals surface area contributed by atoms with Crippen molar-refractivity contribution in [2.45, 2.75) is 32.4 Å². The highest BCUT2D eigenvalue weighted by Gasteiger charge is 2.32. The average Bonchev–Trinajstić information content (AvgIpc) is 2.92. The van der Waals surface area contributed by atoms with E-state index in [1.54, 1.807) is 6.20 Å². The molecule has 6 nitrogen and oxygen atoms in total. The van der Waals surface area contributed by atoms with Crippen molar-refractivity contribution in [1.82, 2.24) is 15.6 Å². The Bertz CT molecular complexity index is 732. The molecule has 6 heteroatoms. The highest BCUT2D eigenvalue weighted by molar-refractivity contribution is 5.73. The summed E-state index contributed by atoms with van der Waals surface area (Å²) in [6.07, 6.45) is 2.57. The van der Waals surface area contributed by atoms with E-state index < -0.39 is 0 Å². The Balaban J connectivity index is 1.41. The van der Waals surface area contributed by atoms with E-state index in [1.165, 1.54) is 0 Å². The highest BCUT2D eigenvalue weighted by Crippen LogP contribution is 2.41. The molecular weight excluding hydrogens is 318 g/mol. The van der Waals surface area contributed by atoms with Gasteiger partial charge in [-0.3, -0.25) is 4.98 Å². The molecule has 3 rings (SSSR count). The van der Waals surface area contributed by atoms with Crippen LogP contribution in [0.4, 0.5) is 4.79 Å². The molecular formula is C19H23N3O3. The number of para-hydroxylation sites is 1. The molecule has 0 bridgehead atoms. The molecule has 0 spiro atoms. The van der Waals surface area contributed by atoms with Gasteiger partial charge >= 0.3 is 6.03 Å². The Labute approximate surface area is 147 Å². The first-order valence-corrected chi connectivity index (χ1v) is 8.39. The fourth-order valence-electron chi connectivity index (χ4n) is 2.76. The monoisotopic (exact) mass is 341 g/mol. The third kappa shape index (κ3) is 4.62. The van der Waals surface area contributed by atoms with Gasteiger partial charge in [-0.05, 0) is 32.0 Å². The normalized spacial score (nSPS) is 14.3. The number of hydrogen-bond acceptors (Lipinski definition) is 4. The molecule has 1 aromatic heterocycles. The molecule has 0 saturated carbocycles. The van der Waals surface area contributed by atoms with Crippen LogP contribution in [0.3, 0.4) is 0 Å². The van der Waals surface area contributed by atoms with E-state index in [2.05, 4.69) is 35.5 Å². The lowest BCUT2D eigenvalue weighted by atomic mass is 10.0. The number of benzene rings is 1. The number of carbonyl (C=O) groups is 1. The summed E-state index contributed by atoms with van der Waals surface area (Å²) >= 11 is 0. The smallest absolute Gasteiger partial charge is 0.315 e. The van der Waals surface area contributed by atoms with Crippen molar-refractivity contribution in [2.75, 3.05) is 13.2 Å². The molecule has 2 amide bonds. The Morgan fingerprint density at radius 1 is 1.24 bits per heavy atom. The summed E-state index contributed by atoms with van der Waals surface area (Å²) in [5, 5.41) is 5.52. The zero-order valence-electron chi connectivity index (χ0n) is 14.5. The van der Waals surface area contributed by atoms with Crippen molar-refractivity contribution in [3.05, 3.63) is 53.9 Å². The van der Waals surface area contributed by atoms with Gasteiger partial charge in [0.05, 0.1) is 18.8 Å². The lowest BCUT2D eigenvalue weighted by Crippen LogP contribution is -2.37. The quantitative estimate of drug-likeness (QED) is 0.793. The van der Waals surface area contributed by atoms with E-state index in [-0.39, 0.29) is 11.6 Å². The molecule has 0 saturated heterocycles. The summed E-state index contributed by atoms with van der Waals surface area (Å²) in [6, 6.07) is 11.3. The van der Waals surface area contributed by atoms with Gasteiger partial charge in [0.25, 0.3) is 0 Å². The zero-order chi connectivity index (χ0) is 17.7. The van der Waals surface area contributed by atoms with E-state index in [1.807, 2.05) is 30.3 Å². The maximum Gasteiger partial charge on any atom is 0.315 e. The number of nitrogens with zero attached hydrogens (tertiary/aromatic N) is 1. The fraction of sp³-hybridized carbons (Fsp3) is 0.368. The molecule has 0 atom stereocenters. The fourth-order valence-corrected chi connectivity index (χ4v) is 2.76. The van der Waals surface area contributed by atoms with E-state index >= 15 is 0 Å². The Hall–Kier alpha value is -2.76. The predicted molar refractivity (Wildman–Crippen MR) is 94.8 cm³/mol. The number of amides is 2. The van der Waals surface area contributed by atoms with Crippen LogP contribution in [0.25, 0.3) is 0 Å². The van der Waals surface area contributed by atoms with Crippen LogP contribution in [0.5, 0.6) is 11.5 Å². The molecule has 2 aromatic rings. The maximum absolute atomic E-state index is 11.8. The van der Waals surface area contributed by atoms with Crippen LogP contribution in [0, 0.1) is 0 Å². The van der Waals surface area contributed by atoms with Gasteiger partial charge in [-0.15, -0.1) is 0 Å². The number of rotatable bonds is 6. The van der Waals surface area contributed by atoms with Gasteiger partial charge in [0, 0.05) is 18.2 Å². The number of hydrogen-bond donors (Lipinski definition) is 2. The topological polar surface area (TPSA) is 72.5 Å². The summed E-state index contributed by atoms with van der Waals surface area (Å²) < 4.78 is 11.7. The van der Waals surface area contributed by atoms with Gasteiger partial charge < -0.3 is 20.1 Å². The lowest BCUT2D eigenvalue weighted by Gasteiger charge is -2.18. The maximum atomic E-state index is 11.8. The van der Waals surface area contributed by atoms with E-state index in [4.69, 9.17) is 9.47 Å². The lowest BCUT2D eigenvalue weighted by molar-refractivity contribution is 0.132. The van der Waals surface area contributed by atoms with Crippen molar-refractivity contribution in [2.24, 2.45) is 0 Å². The van der Waals surface area contributed by atoms with Crippen molar-refractivity contribution in [3.8, 4) is 11.5 Å². The molecule has 1 aliphatic heterocycles. The second-order valence-electron chi connectivity index (χ2n) is 6.56. The zero-order valence-corrected chi connectivity index (χ0v) is 14.5. The summed E-state index contributed by atoms with van der Waals surface area (Å²) in [5.41, 5.74) is 1.77. The van der Waals surface area contributed by atoms with Gasteiger partial charge in [0.1, 0.15) is 12.2 Å². The molecule has 132 valence electrons. The Kier molecular flexibility index (Phi) is 5.07. The molecule has 2 heterocycles. The second kappa shape index (κ2) is 7.42. The van der Waals surface area contributed by atoms with Crippen LogP contribution in [-0.2, 0) is 13.0 Å². The Morgan fingerprint density at radius 2 is 2.12 bits per heavy atom. The summed E-state index contributed by atoms with van der Waals surface area (Å²) in [5.74, 6) is 1.53. The second-order valence-corrected chi connectivity index (χ2v) is 6.56. The van der Waals surface area contributed by atoms with Crippen LogP contribution in [0.15, 0.2) is 42.6 Å². The van der Waals surface area contributed by atoms with Crippen molar-refractivity contribution < 1.29 is 14.3 Å². The molecule has 0 unspecified atom stereocenters. The van der Waals surface area contributed by atoms with Crippen LogP contribution in [-0.4, -0.2) is 29.8 Å². The number of aromatic nitrogens is 1. The van der Waals surface area contributed by atoms with Crippen molar-refractivity contribution >= 4 is 6.03 Å². The molecule has 25 heavy (non-hydrogen) atoms. The minimum absolute atomic E-state index is 0.203. The van der Waals surface area contributed by atoms with Crippen LogP contribution < -0.4 is 20.1 Å². The van der Waals surface area contributed by atoms with E-state index in [9.17, 15) is 4.79 Å². The third-order valence-corrected chi connectivity index (χ3v) is 3.86. The minimum Gasteiger partial charge on any atom is -0.488 e. The van der Waals surface area contributed by atoms with Crippen LogP contribution >= 0.6 is 0 Å². The standard InChI is InChI=1S/C19H23N3O3/c1-19(2)12-14-6-5-8-16(17(14)25-19)24-11-10-21-18(23)22-13-15-7-3-4-9-20-15/h3-9H,10-13H2,1-2H3,(H2,21,22,23). The average molecular weight is 341 g/mol. The van der Waals surface area contributed by atoms with Crippen LogP contribution in [0.2, 0.25) is 0 Å². The Morgan fingerprint density at radius 3 is 2.92 bits per heavy atom. The third-order valence-electron chi connectivity index (χ3n) is 3.86. The van der Waals surface area contributed by atoms with Crippen molar-refractivity contribution in [1.29, 1.82) is 0 Å². The predicted octanol–water partition coefficient (Wildman–Crippen LogP) is 2.67. The number of carbonyl (C=O) groups excluding carboxylic acids is 1. The molecule has 0 fully saturated rings. The number of urea groups is 1. The summed E-state index contributed by atoms with van der Waals surface area (Å²) in [4.78, 5) is 15.9.